The molecule has 1 aliphatic rings. The van der Waals surface area contributed by atoms with Crippen LogP contribution in [0.2, 0.25) is 0 Å². The standard InChI is InChI=1S/C14H14F3N5O/c15-14(16,17)10-5-12(18)19-7-9(10)11-6-13(21-8-20-11)22-1-3-23-4-2-22/h5-8H,1-4H2,(H2,18,19). The van der Waals surface area contributed by atoms with Crippen LogP contribution in [0.25, 0.3) is 11.3 Å². The molecule has 23 heavy (non-hydrogen) atoms. The smallest absolute Gasteiger partial charge is 0.384 e. The lowest BCUT2D eigenvalue weighted by Gasteiger charge is -2.27. The Morgan fingerprint density at radius 1 is 1.09 bits per heavy atom. The summed E-state index contributed by atoms with van der Waals surface area (Å²) in [7, 11) is 0. The molecule has 0 spiro atoms. The number of morpholine rings is 1. The molecule has 6 nitrogen and oxygen atoms in total. The zero-order valence-corrected chi connectivity index (χ0v) is 12.0. The van der Waals surface area contributed by atoms with Crippen LogP contribution in [0.3, 0.4) is 0 Å². The molecule has 3 heterocycles. The second kappa shape index (κ2) is 5.99. The first-order chi connectivity index (χ1) is 10.9. The molecular weight excluding hydrogens is 311 g/mol. The Hall–Kier alpha value is -2.42. The van der Waals surface area contributed by atoms with Gasteiger partial charge in [-0.05, 0) is 6.07 Å². The average molecular weight is 325 g/mol. The van der Waals surface area contributed by atoms with E-state index >= 15 is 0 Å². The molecule has 0 saturated carbocycles. The predicted molar refractivity (Wildman–Crippen MR) is 77.7 cm³/mol. The third-order valence-corrected chi connectivity index (χ3v) is 3.49. The molecule has 0 atom stereocenters. The summed E-state index contributed by atoms with van der Waals surface area (Å²) < 4.78 is 44.9. The Balaban J connectivity index is 2.02. The molecule has 0 amide bonds. The van der Waals surface area contributed by atoms with E-state index in [1.807, 2.05) is 4.90 Å². The monoisotopic (exact) mass is 325 g/mol. The summed E-state index contributed by atoms with van der Waals surface area (Å²) in [6, 6.07) is 2.33. The van der Waals surface area contributed by atoms with Gasteiger partial charge < -0.3 is 15.4 Å². The topological polar surface area (TPSA) is 77.2 Å². The fourth-order valence-corrected chi connectivity index (χ4v) is 2.37. The maximum absolute atomic E-state index is 13.2. The van der Waals surface area contributed by atoms with Gasteiger partial charge in [0.1, 0.15) is 18.0 Å². The zero-order valence-electron chi connectivity index (χ0n) is 12.0. The minimum atomic E-state index is -4.55. The van der Waals surface area contributed by atoms with Gasteiger partial charge in [0.15, 0.2) is 0 Å². The Morgan fingerprint density at radius 3 is 2.52 bits per heavy atom. The van der Waals surface area contributed by atoms with Crippen LogP contribution in [0.1, 0.15) is 5.56 Å². The maximum atomic E-state index is 13.2. The Morgan fingerprint density at radius 2 is 1.83 bits per heavy atom. The Kier molecular flexibility index (Phi) is 4.03. The molecule has 1 saturated heterocycles. The van der Waals surface area contributed by atoms with Crippen LogP contribution < -0.4 is 10.6 Å². The maximum Gasteiger partial charge on any atom is 0.417 e. The molecule has 2 N–H and O–H groups in total. The van der Waals surface area contributed by atoms with Crippen LogP contribution in [-0.2, 0) is 10.9 Å². The van der Waals surface area contributed by atoms with Crippen molar-refractivity contribution in [3.8, 4) is 11.3 Å². The number of rotatable bonds is 2. The molecule has 0 aliphatic carbocycles. The molecule has 0 unspecified atom stereocenters. The van der Waals surface area contributed by atoms with Crippen molar-refractivity contribution in [2.75, 3.05) is 36.9 Å². The van der Waals surface area contributed by atoms with Gasteiger partial charge in [-0.2, -0.15) is 13.2 Å². The Labute approximate surface area is 130 Å². The van der Waals surface area contributed by atoms with Gasteiger partial charge >= 0.3 is 6.18 Å². The van der Waals surface area contributed by atoms with E-state index in [9.17, 15) is 13.2 Å². The number of nitrogen functional groups attached to an aromatic ring is 1. The summed E-state index contributed by atoms with van der Waals surface area (Å²) >= 11 is 0. The number of aromatic nitrogens is 3. The summed E-state index contributed by atoms with van der Waals surface area (Å²) in [4.78, 5) is 13.8. The second-order valence-electron chi connectivity index (χ2n) is 5.01. The normalized spacial score (nSPS) is 15.7. The van der Waals surface area contributed by atoms with Crippen molar-refractivity contribution in [2.24, 2.45) is 0 Å². The summed E-state index contributed by atoms with van der Waals surface area (Å²) in [5.41, 5.74) is 4.55. The summed E-state index contributed by atoms with van der Waals surface area (Å²) in [6.07, 6.45) is -2.21. The van der Waals surface area contributed by atoms with E-state index in [-0.39, 0.29) is 17.1 Å². The fourth-order valence-electron chi connectivity index (χ4n) is 2.37. The SMILES string of the molecule is Nc1cc(C(F)(F)F)c(-c2cc(N3CCOCC3)ncn2)cn1. The van der Waals surface area contributed by atoms with Crippen molar-refractivity contribution in [3.05, 3.63) is 30.2 Å². The number of nitrogens with zero attached hydrogens (tertiary/aromatic N) is 4. The second-order valence-corrected chi connectivity index (χ2v) is 5.01. The molecule has 1 aliphatic heterocycles. The Bertz CT molecular complexity index is 701. The van der Waals surface area contributed by atoms with E-state index in [1.165, 1.54) is 12.4 Å². The van der Waals surface area contributed by atoms with Crippen LogP contribution in [0.4, 0.5) is 24.8 Å². The largest absolute Gasteiger partial charge is 0.417 e. The zero-order chi connectivity index (χ0) is 16.4. The summed E-state index contributed by atoms with van der Waals surface area (Å²) in [6.45, 7) is 2.36. The van der Waals surface area contributed by atoms with Crippen molar-refractivity contribution < 1.29 is 17.9 Å². The highest BCUT2D eigenvalue weighted by Crippen LogP contribution is 2.37. The lowest BCUT2D eigenvalue weighted by molar-refractivity contribution is -0.137. The first-order valence-corrected chi connectivity index (χ1v) is 6.93. The summed E-state index contributed by atoms with van der Waals surface area (Å²) in [5, 5.41) is 0. The molecule has 9 heteroatoms. The molecule has 2 aromatic rings. The highest BCUT2D eigenvalue weighted by atomic mass is 19.4. The van der Waals surface area contributed by atoms with Crippen molar-refractivity contribution >= 4 is 11.6 Å². The molecule has 2 aromatic heterocycles. The molecule has 1 fully saturated rings. The molecule has 0 aromatic carbocycles. The third kappa shape index (κ3) is 3.34. The van der Waals surface area contributed by atoms with Crippen molar-refractivity contribution in [3.63, 3.8) is 0 Å². The van der Waals surface area contributed by atoms with E-state index in [4.69, 9.17) is 10.5 Å². The van der Waals surface area contributed by atoms with Gasteiger partial charge in [0.25, 0.3) is 0 Å². The van der Waals surface area contributed by atoms with Crippen LogP contribution in [0.5, 0.6) is 0 Å². The van der Waals surface area contributed by atoms with E-state index in [0.717, 1.165) is 12.3 Å². The highest BCUT2D eigenvalue weighted by Gasteiger charge is 2.34. The van der Waals surface area contributed by atoms with Gasteiger partial charge in [-0.3, -0.25) is 0 Å². The van der Waals surface area contributed by atoms with Crippen LogP contribution in [0.15, 0.2) is 24.7 Å². The average Bonchev–Trinajstić information content (AvgIpc) is 2.55. The van der Waals surface area contributed by atoms with Crippen molar-refractivity contribution in [1.29, 1.82) is 0 Å². The predicted octanol–water partition coefficient (Wildman–Crippen LogP) is 1.98. The van der Waals surface area contributed by atoms with Crippen LogP contribution >= 0.6 is 0 Å². The van der Waals surface area contributed by atoms with E-state index < -0.39 is 11.7 Å². The number of anilines is 2. The van der Waals surface area contributed by atoms with Gasteiger partial charge in [-0.15, -0.1) is 0 Å². The van der Waals surface area contributed by atoms with Gasteiger partial charge in [-0.1, -0.05) is 0 Å². The first-order valence-electron chi connectivity index (χ1n) is 6.93. The number of halogens is 3. The van der Waals surface area contributed by atoms with Crippen LogP contribution in [-0.4, -0.2) is 41.3 Å². The summed E-state index contributed by atoms with van der Waals surface area (Å²) in [5.74, 6) is 0.367. The number of pyridine rings is 1. The van der Waals surface area contributed by atoms with E-state index in [0.29, 0.717) is 32.1 Å². The number of alkyl halides is 3. The van der Waals surface area contributed by atoms with Gasteiger partial charge in [0.05, 0.1) is 24.5 Å². The minimum absolute atomic E-state index is 0.122. The molecule has 0 radical (unpaired) electrons. The minimum Gasteiger partial charge on any atom is -0.384 e. The highest BCUT2D eigenvalue weighted by molar-refractivity contribution is 5.67. The molecule has 0 bridgehead atoms. The van der Waals surface area contributed by atoms with Crippen LogP contribution in [0, 0.1) is 0 Å². The number of hydrogen-bond donors (Lipinski definition) is 1. The lowest BCUT2D eigenvalue weighted by Crippen LogP contribution is -2.36. The van der Waals surface area contributed by atoms with Gasteiger partial charge in [0, 0.05) is 30.9 Å². The quantitative estimate of drug-likeness (QED) is 0.910. The van der Waals surface area contributed by atoms with Gasteiger partial charge in [0.2, 0.25) is 0 Å². The lowest BCUT2D eigenvalue weighted by atomic mass is 10.1. The van der Waals surface area contributed by atoms with E-state index in [1.54, 1.807) is 0 Å². The molecular formula is C14H14F3N5O. The fraction of sp³-hybridized carbons (Fsp3) is 0.357. The van der Waals surface area contributed by atoms with Crippen molar-refractivity contribution in [1.82, 2.24) is 15.0 Å². The number of nitrogens with two attached hydrogens (primary N) is 1. The number of hydrogen-bond acceptors (Lipinski definition) is 6. The van der Waals surface area contributed by atoms with E-state index in [2.05, 4.69) is 15.0 Å². The van der Waals surface area contributed by atoms with Crippen molar-refractivity contribution in [2.45, 2.75) is 6.18 Å². The number of ether oxygens (including phenoxy) is 1. The third-order valence-electron chi connectivity index (χ3n) is 3.49. The molecule has 122 valence electrons. The van der Waals surface area contributed by atoms with Gasteiger partial charge in [-0.25, -0.2) is 15.0 Å². The first kappa shape index (κ1) is 15.5. The molecule has 3 rings (SSSR count).